The fraction of sp³-hybridized carbons (Fsp3) is 0.556. The van der Waals surface area contributed by atoms with Crippen molar-refractivity contribution in [3.8, 4) is 6.07 Å². The summed E-state index contributed by atoms with van der Waals surface area (Å²) in [6, 6.07) is 2.03. The number of carbonyl (C=O) groups is 1. The van der Waals surface area contributed by atoms with Crippen molar-refractivity contribution in [3.05, 3.63) is 12.2 Å². The topological polar surface area (TPSA) is 91.8 Å². The minimum Gasteiger partial charge on any atom is -0.354 e. The Morgan fingerprint density at radius 2 is 2.53 bits per heavy atom. The van der Waals surface area contributed by atoms with Crippen LogP contribution in [0.1, 0.15) is 18.7 Å². The number of hydrogen-bond donors (Lipinski definition) is 1. The zero-order chi connectivity index (χ0) is 10.7. The second kappa shape index (κ2) is 3.69. The molecule has 1 amide bonds. The van der Waals surface area contributed by atoms with Crippen LogP contribution in [0.3, 0.4) is 0 Å². The molecule has 0 atom stereocenters. The van der Waals surface area contributed by atoms with Gasteiger partial charge in [0.05, 0.1) is 6.07 Å². The minimum absolute atomic E-state index is 0.187. The first-order valence-corrected chi connectivity index (χ1v) is 4.72. The standard InChI is InChI=1S/C9H10N4O2/c10-5-9(2-3-9)8(14)11-4-1-7-12-6-15-13-7/h6H,1-4H2,(H,11,14). The first kappa shape index (κ1) is 9.65. The Kier molecular flexibility index (Phi) is 2.37. The number of nitrogens with zero attached hydrogens (tertiary/aromatic N) is 3. The number of carbonyl (C=O) groups excluding carboxylic acids is 1. The summed E-state index contributed by atoms with van der Waals surface area (Å²) >= 11 is 0. The van der Waals surface area contributed by atoms with Gasteiger partial charge in [-0.3, -0.25) is 4.79 Å². The molecule has 15 heavy (non-hydrogen) atoms. The summed E-state index contributed by atoms with van der Waals surface area (Å²) in [6.07, 6.45) is 3.09. The highest BCUT2D eigenvalue weighted by Gasteiger charge is 2.50. The van der Waals surface area contributed by atoms with Gasteiger partial charge in [-0.15, -0.1) is 0 Å². The highest BCUT2D eigenvalue weighted by Crippen LogP contribution is 2.44. The zero-order valence-corrected chi connectivity index (χ0v) is 8.06. The number of aromatic nitrogens is 2. The van der Waals surface area contributed by atoms with Gasteiger partial charge in [-0.25, -0.2) is 0 Å². The van der Waals surface area contributed by atoms with Gasteiger partial charge in [-0.1, -0.05) is 5.16 Å². The van der Waals surface area contributed by atoms with Crippen molar-refractivity contribution >= 4 is 5.91 Å². The van der Waals surface area contributed by atoms with Crippen LogP contribution in [-0.2, 0) is 11.2 Å². The Morgan fingerprint density at radius 3 is 3.07 bits per heavy atom. The Bertz CT molecular complexity index is 389. The molecule has 0 radical (unpaired) electrons. The van der Waals surface area contributed by atoms with Crippen LogP contribution in [0.15, 0.2) is 10.9 Å². The van der Waals surface area contributed by atoms with Gasteiger partial charge in [0.25, 0.3) is 0 Å². The van der Waals surface area contributed by atoms with Gasteiger partial charge in [-0.05, 0) is 12.8 Å². The molecule has 0 saturated heterocycles. The fourth-order valence-electron chi connectivity index (χ4n) is 1.27. The molecule has 1 N–H and O–H groups in total. The fourth-order valence-corrected chi connectivity index (χ4v) is 1.27. The zero-order valence-electron chi connectivity index (χ0n) is 8.06. The van der Waals surface area contributed by atoms with E-state index in [1.54, 1.807) is 0 Å². The molecule has 6 heteroatoms. The molecule has 1 aliphatic rings. The molecular weight excluding hydrogens is 196 g/mol. The molecular formula is C9H10N4O2. The highest BCUT2D eigenvalue weighted by atomic mass is 16.5. The van der Waals surface area contributed by atoms with Crippen LogP contribution in [0.4, 0.5) is 0 Å². The third-order valence-corrected chi connectivity index (χ3v) is 2.44. The normalized spacial score (nSPS) is 16.7. The Hall–Kier alpha value is -1.90. The summed E-state index contributed by atoms with van der Waals surface area (Å²) in [5.41, 5.74) is -0.753. The van der Waals surface area contributed by atoms with E-state index >= 15 is 0 Å². The van der Waals surface area contributed by atoms with Gasteiger partial charge in [-0.2, -0.15) is 10.2 Å². The van der Waals surface area contributed by atoms with E-state index in [1.807, 2.05) is 6.07 Å². The van der Waals surface area contributed by atoms with Crippen LogP contribution < -0.4 is 5.32 Å². The Labute approximate surface area is 86.3 Å². The predicted molar refractivity (Wildman–Crippen MR) is 48.3 cm³/mol. The van der Waals surface area contributed by atoms with Gasteiger partial charge in [0.15, 0.2) is 5.82 Å². The van der Waals surface area contributed by atoms with E-state index in [-0.39, 0.29) is 5.91 Å². The van der Waals surface area contributed by atoms with Crippen molar-refractivity contribution in [3.63, 3.8) is 0 Å². The van der Waals surface area contributed by atoms with Crippen LogP contribution in [0.5, 0.6) is 0 Å². The van der Waals surface area contributed by atoms with Crippen LogP contribution in [0.25, 0.3) is 0 Å². The molecule has 1 aromatic rings. The molecule has 1 fully saturated rings. The molecule has 6 nitrogen and oxygen atoms in total. The maximum Gasteiger partial charge on any atom is 0.240 e. The second-order valence-corrected chi connectivity index (χ2v) is 3.55. The van der Waals surface area contributed by atoms with Gasteiger partial charge < -0.3 is 9.84 Å². The molecule has 2 rings (SSSR count). The van der Waals surface area contributed by atoms with E-state index in [1.165, 1.54) is 6.39 Å². The molecule has 0 spiro atoms. The van der Waals surface area contributed by atoms with E-state index in [9.17, 15) is 4.79 Å². The average molecular weight is 206 g/mol. The number of nitrogens with one attached hydrogen (secondary N) is 1. The summed E-state index contributed by atoms with van der Waals surface area (Å²) in [4.78, 5) is 15.3. The third-order valence-electron chi connectivity index (χ3n) is 2.44. The van der Waals surface area contributed by atoms with Crippen molar-refractivity contribution in [2.45, 2.75) is 19.3 Å². The summed E-state index contributed by atoms with van der Waals surface area (Å²) in [7, 11) is 0. The molecule has 1 aliphatic carbocycles. The van der Waals surface area contributed by atoms with E-state index in [0.29, 0.717) is 31.6 Å². The Morgan fingerprint density at radius 1 is 1.73 bits per heavy atom. The van der Waals surface area contributed by atoms with Crippen molar-refractivity contribution in [1.82, 2.24) is 15.5 Å². The first-order valence-electron chi connectivity index (χ1n) is 4.72. The summed E-state index contributed by atoms with van der Waals surface area (Å²) in [5.74, 6) is 0.366. The van der Waals surface area contributed by atoms with Gasteiger partial charge >= 0.3 is 0 Å². The average Bonchev–Trinajstić information content (AvgIpc) is 2.90. The SMILES string of the molecule is N#CC1(C(=O)NCCc2ncon2)CC1. The quantitative estimate of drug-likeness (QED) is 0.750. The maximum atomic E-state index is 11.5. The molecule has 0 aromatic carbocycles. The molecule has 0 bridgehead atoms. The van der Waals surface area contributed by atoms with Crippen molar-refractivity contribution in [2.24, 2.45) is 5.41 Å². The number of amides is 1. The summed E-state index contributed by atoms with van der Waals surface area (Å²) < 4.78 is 4.55. The van der Waals surface area contributed by atoms with E-state index in [4.69, 9.17) is 5.26 Å². The van der Waals surface area contributed by atoms with Gasteiger partial charge in [0.1, 0.15) is 5.41 Å². The molecule has 0 aliphatic heterocycles. The maximum absolute atomic E-state index is 11.5. The van der Waals surface area contributed by atoms with Crippen molar-refractivity contribution < 1.29 is 9.32 Å². The van der Waals surface area contributed by atoms with Gasteiger partial charge in [0.2, 0.25) is 12.3 Å². The lowest BCUT2D eigenvalue weighted by molar-refractivity contribution is -0.124. The van der Waals surface area contributed by atoms with Gasteiger partial charge in [0, 0.05) is 13.0 Å². The van der Waals surface area contributed by atoms with E-state index < -0.39 is 5.41 Å². The van der Waals surface area contributed by atoms with E-state index in [2.05, 4.69) is 20.0 Å². The number of hydrogen-bond acceptors (Lipinski definition) is 5. The summed E-state index contributed by atoms with van der Waals surface area (Å²) in [5, 5.41) is 15.1. The number of rotatable bonds is 4. The lowest BCUT2D eigenvalue weighted by Gasteiger charge is -2.05. The molecule has 78 valence electrons. The predicted octanol–water partition coefficient (Wildman–Crippen LogP) is 0.0321. The lowest BCUT2D eigenvalue weighted by atomic mass is 10.1. The van der Waals surface area contributed by atoms with Crippen LogP contribution in [-0.4, -0.2) is 22.6 Å². The Balaban J connectivity index is 1.75. The largest absolute Gasteiger partial charge is 0.354 e. The number of nitriles is 1. The first-order chi connectivity index (χ1) is 7.27. The molecule has 1 saturated carbocycles. The van der Waals surface area contributed by atoms with E-state index in [0.717, 1.165) is 0 Å². The molecule has 1 heterocycles. The van der Waals surface area contributed by atoms with Crippen molar-refractivity contribution in [2.75, 3.05) is 6.54 Å². The van der Waals surface area contributed by atoms with Crippen LogP contribution in [0.2, 0.25) is 0 Å². The van der Waals surface area contributed by atoms with Crippen LogP contribution >= 0.6 is 0 Å². The second-order valence-electron chi connectivity index (χ2n) is 3.55. The third kappa shape index (κ3) is 1.96. The van der Waals surface area contributed by atoms with Crippen molar-refractivity contribution in [1.29, 1.82) is 5.26 Å². The molecule has 0 unspecified atom stereocenters. The minimum atomic E-state index is -0.753. The summed E-state index contributed by atoms with van der Waals surface area (Å²) in [6.45, 7) is 0.432. The molecule has 1 aromatic heterocycles. The van der Waals surface area contributed by atoms with Crippen LogP contribution in [0, 0.1) is 16.7 Å². The lowest BCUT2D eigenvalue weighted by Crippen LogP contribution is -2.32. The smallest absolute Gasteiger partial charge is 0.240 e. The monoisotopic (exact) mass is 206 g/mol. The highest BCUT2D eigenvalue weighted by molar-refractivity contribution is 5.88.